The molecule has 1 radical (unpaired) electrons. The quantitative estimate of drug-likeness (QED) is 0.236. The molecule has 2 aromatic heterocycles. The van der Waals surface area contributed by atoms with E-state index in [2.05, 4.69) is 53.8 Å². The molecule has 2 aromatic carbocycles. The van der Waals surface area contributed by atoms with Gasteiger partial charge in [-0.15, -0.1) is 29.7 Å². The van der Waals surface area contributed by atoms with E-state index in [1.54, 1.807) is 0 Å². The molecule has 0 spiro atoms. The maximum atomic E-state index is 5.00. The number of benzene rings is 2. The zero-order valence-electron chi connectivity index (χ0n) is 14.4. The van der Waals surface area contributed by atoms with Gasteiger partial charge in [0.25, 0.3) is 0 Å². The van der Waals surface area contributed by atoms with E-state index in [0.29, 0.717) is 5.92 Å². The van der Waals surface area contributed by atoms with Crippen molar-refractivity contribution in [1.29, 1.82) is 0 Å². The van der Waals surface area contributed by atoms with E-state index in [0.717, 1.165) is 11.0 Å². The molecule has 4 aromatic rings. The predicted octanol–water partition coefficient (Wildman–Crippen LogP) is 5.79. The third-order valence-electron chi connectivity index (χ3n) is 5.60. The number of aryl methyl sites for hydroxylation is 1. The summed E-state index contributed by atoms with van der Waals surface area (Å²) in [5.74, 6) is 0.637. The van der Waals surface area contributed by atoms with Crippen molar-refractivity contribution in [2.75, 3.05) is 0 Å². The molecule has 0 bridgehead atoms. The summed E-state index contributed by atoms with van der Waals surface area (Å²) in [6.45, 7) is 2.18. The van der Waals surface area contributed by atoms with E-state index in [4.69, 9.17) is 4.98 Å². The fraction of sp³-hybridized carbons (Fsp3) is 0.318. The number of pyridine rings is 1. The van der Waals surface area contributed by atoms with E-state index in [-0.39, 0.29) is 20.1 Å². The van der Waals surface area contributed by atoms with Crippen molar-refractivity contribution in [3.8, 4) is 0 Å². The van der Waals surface area contributed by atoms with Gasteiger partial charge >= 0.3 is 0 Å². The molecular formula is C22H21IrN2-. The smallest absolute Gasteiger partial charge is 0.0614 e. The van der Waals surface area contributed by atoms with Crippen LogP contribution >= 0.6 is 0 Å². The molecule has 0 N–H and O–H groups in total. The fourth-order valence-electron chi connectivity index (χ4n) is 4.55. The molecule has 0 unspecified atom stereocenters. The van der Waals surface area contributed by atoms with E-state index < -0.39 is 0 Å². The Bertz CT molecular complexity index is 1060. The second kappa shape index (κ2) is 6.55. The molecule has 0 amide bonds. The molecule has 5 rings (SSSR count). The molecule has 1 saturated carbocycles. The van der Waals surface area contributed by atoms with E-state index in [9.17, 15) is 0 Å². The summed E-state index contributed by atoms with van der Waals surface area (Å²) in [7, 11) is 0. The SMILES string of the molecule is Cc1nc2c3[c-]cccc3c3ccccc3n2c1C1CCCCC1.[Ir]. The number of para-hydroxylation sites is 1. The van der Waals surface area contributed by atoms with Crippen molar-refractivity contribution in [1.82, 2.24) is 9.38 Å². The van der Waals surface area contributed by atoms with Crippen molar-refractivity contribution in [2.24, 2.45) is 0 Å². The Balaban J connectivity index is 0.00000157. The van der Waals surface area contributed by atoms with Gasteiger partial charge in [0, 0.05) is 42.9 Å². The van der Waals surface area contributed by atoms with E-state index in [1.807, 2.05) is 6.07 Å². The van der Waals surface area contributed by atoms with Gasteiger partial charge < -0.3 is 4.40 Å². The normalized spacial score (nSPS) is 15.7. The van der Waals surface area contributed by atoms with Crippen molar-refractivity contribution < 1.29 is 20.1 Å². The van der Waals surface area contributed by atoms with Gasteiger partial charge in [0.2, 0.25) is 0 Å². The molecule has 25 heavy (non-hydrogen) atoms. The van der Waals surface area contributed by atoms with Gasteiger partial charge in [-0.1, -0.05) is 42.8 Å². The maximum Gasteiger partial charge on any atom is 0.0614 e. The van der Waals surface area contributed by atoms with Crippen molar-refractivity contribution in [3.63, 3.8) is 0 Å². The number of fused-ring (bicyclic) bond motifs is 6. The zero-order valence-corrected chi connectivity index (χ0v) is 16.8. The Hall–Kier alpha value is -1.70. The third kappa shape index (κ3) is 2.53. The first-order valence-electron chi connectivity index (χ1n) is 9.04. The average Bonchev–Trinajstić information content (AvgIpc) is 3.00. The Morgan fingerprint density at radius 3 is 2.60 bits per heavy atom. The van der Waals surface area contributed by atoms with Crippen LogP contribution in [0.2, 0.25) is 0 Å². The summed E-state index contributed by atoms with van der Waals surface area (Å²) >= 11 is 0. The first-order valence-corrected chi connectivity index (χ1v) is 9.04. The second-order valence-electron chi connectivity index (χ2n) is 7.05. The average molecular weight is 506 g/mol. The number of hydrogen-bond acceptors (Lipinski definition) is 1. The van der Waals surface area contributed by atoms with Gasteiger partial charge in [0.15, 0.2) is 0 Å². The molecule has 0 atom stereocenters. The maximum absolute atomic E-state index is 5.00. The van der Waals surface area contributed by atoms with Gasteiger partial charge in [0.1, 0.15) is 0 Å². The fourth-order valence-corrected chi connectivity index (χ4v) is 4.55. The van der Waals surface area contributed by atoms with Gasteiger partial charge in [-0.05, 0) is 31.2 Å². The first-order chi connectivity index (χ1) is 11.8. The van der Waals surface area contributed by atoms with Crippen LogP contribution in [-0.2, 0) is 20.1 Å². The van der Waals surface area contributed by atoms with Crippen LogP contribution in [0.15, 0.2) is 42.5 Å². The Morgan fingerprint density at radius 1 is 1.00 bits per heavy atom. The first kappa shape index (κ1) is 16.8. The standard InChI is InChI=1S/C22H21N2.Ir/c1-15-21(16-9-3-2-4-10-16)24-20-14-8-7-12-18(20)17-11-5-6-13-19(17)22(24)23-15;/h5-8,11-12,14,16H,2-4,9-10H2,1H3;/q-1;. The van der Waals surface area contributed by atoms with Crippen LogP contribution in [0.25, 0.3) is 27.3 Å². The van der Waals surface area contributed by atoms with Gasteiger partial charge in [-0.2, -0.15) is 0 Å². The van der Waals surface area contributed by atoms with E-state index in [1.165, 1.54) is 59.8 Å². The number of hydrogen-bond donors (Lipinski definition) is 0. The summed E-state index contributed by atoms with van der Waals surface area (Å²) in [5.41, 5.74) is 4.97. The van der Waals surface area contributed by atoms with Crippen LogP contribution in [0.3, 0.4) is 0 Å². The molecule has 1 aliphatic carbocycles. The number of rotatable bonds is 1. The Kier molecular flexibility index (Phi) is 4.39. The van der Waals surface area contributed by atoms with Crippen molar-refractivity contribution in [2.45, 2.75) is 44.9 Å². The van der Waals surface area contributed by atoms with Gasteiger partial charge in [-0.25, -0.2) is 0 Å². The topological polar surface area (TPSA) is 17.3 Å². The molecule has 0 saturated heterocycles. The molecule has 1 fully saturated rings. The Labute approximate surface area is 161 Å². The summed E-state index contributed by atoms with van der Waals surface area (Å²) in [6.07, 6.45) is 6.65. The minimum absolute atomic E-state index is 0. The summed E-state index contributed by atoms with van der Waals surface area (Å²) in [5, 5.41) is 3.69. The minimum Gasteiger partial charge on any atom is -0.337 e. The molecule has 1 aliphatic rings. The van der Waals surface area contributed by atoms with Crippen LogP contribution in [0.4, 0.5) is 0 Å². The third-order valence-corrected chi connectivity index (χ3v) is 5.60. The summed E-state index contributed by atoms with van der Waals surface area (Å²) in [6, 6.07) is 18.4. The van der Waals surface area contributed by atoms with Crippen molar-refractivity contribution >= 4 is 27.3 Å². The molecular weight excluding hydrogens is 484 g/mol. The van der Waals surface area contributed by atoms with E-state index >= 15 is 0 Å². The number of aromatic nitrogens is 2. The monoisotopic (exact) mass is 506 g/mol. The molecule has 0 aliphatic heterocycles. The van der Waals surface area contributed by atoms with Gasteiger partial charge in [-0.3, -0.25) is 4.98 Å². The molecule has 2 nitrogen and oxygen atoms in total. The zero-order chi connectivity index (χ0) is 16.1. The Morgan fingerprint density at radius 2 is 1.76 bits per heavy atom. The summed E-state index contributed by atoms with van der Waals surface area (Å²) < 4.78 is 2.43. The van der Waals surface area contributed by atoms with Crippen molar-refractivity contribution in [3.05, 3.63) is 59.9 Å². The number of imidazole rings is 1. The summed E-state index contributed by atoms with van der Waals surface area (Å²) in [4.78, 5) is 5.00. The molecule has 129 valence electrons. The van der Waals surface area contributed by atoms with Crippen LogP contribution in [0.1, 0.15) is 49.4 Å². The number of nitrogens with zero attached hydrogens (tertiary/aromatic N) is 2. The minimum atomic E-state index is 0. The molecule has 3 heteroatoms. The van der Waals surface area contributed by atoms with Crippen LogP contribution < -0.4 is 0 Å². The van der Waals surface area contributed by atoms with Crippen LogP contribution in [-0.4, -0.2) is 9.38 Å². The van der Waals surface area contributed by atoms with Crippen LogP contribution in [0, 0.1) is 13.0 Å². The second-order valence-corrected chi connectivity index (χ2v) is 7.05. The van der Waals surface area contributed by atoms with Crippen LogP contribution in [0.5, 0.6) is 0 Å². The predicted molar refractivity (Wildman–Crippen MR) is 99.6 cm³/mol. The largest absolute Gasteiger partial charge is 0.337 e. The van der Waals surface area contributed by atoms with Gasteiger partial charge in [0.05, 0.1) is 5.65 Å². The molecule has 2 heterocycles.